The predicted octanol–water partition coefficient (Wildman–Crippen LogP) is 0.990. The van der Waals surface area contributed by atoms with Crippen molar-refractivity contribution in [3.05, 3.63) is 30.1 Å². The summed E-state index contributed by atoms with van der Waals surface area (Å²) in [5.41, 5.74) is 0.667. The number of fused-ring (bicyclic) bond motifs is 1. The highest BCUT2D eigenvalue weighted by atomic mass is 16.4. The van der Waals surface area contributed by atoms with Gasteiger partial charge in [-0.15, -0.1) is 0 Å². The number of aromatic amines is 1. The molecule has 1 aromatic carbocycles. The van der Waals surface area contributed by atoms with E-state index in [0.29, 0.717) is 11.1 Å². The third kappa shape index (κ3) is 1.25. The Bertz CT molecular complexity index is 663. The maximum absolute atomic E-state index is 11.4. The van der Waals surface area contributed by atoms with Gasteiger partial charge in [0.2, 0.25) is 0 Å². The Labute approximate surface area is 101 Å². The number of rotatable bonds is 3. The lowest BCUT2D eigenvalue weighted by atomic mass is 9.93. The van der Waals surface area contributed by atoms with Gasteiger partial charge in [-0.25, -0.2) is 4.98 Å². The standard InChI is InChI=1S/C12H10N2O4/c15-10(16)7-4-12(7,11(17)18)6-1-2-8-9(3-6)14-5-13-8/h1-3,5,7H,4H2,(H,13,14)(H,15,16)(H,17,18). The molecule has 0 radical (unpaired) electrons. The molecule has 92 valence electrons. The van der Waals surface area contributed by atoms with Crippen molar-refractivity contribution in [2.75, 3.05) is 0 Å². The number of carboxylic acid groups (broad SMARTS) is 2. The van der Waals surface area contributed by atoms with E-state index in [-0.39, 0.29) is 6.42 Å². The van der Waals surface area contributed by atoms with E-state index >= 15 is 0 Å². The Kier molecular flexibility index (Phi) is 1.98. The van der Waals surface area contributed by atoms with Gasteiger partial charge in [0.05, 0.1) is 23.3 Å². The summed E-state index contributed by atoms with van der Waals surface area (Å²) in [5.74, 6) is -3.01. The highest BCUT2D eigenvalue weighted by molar-refractivity contribution is 5.95. The molecule has 6 nitrogen and oxygen atoms in total. The Hall–Kier alpha value is -2.37. The van der Waals surface area contributed by atoms with Crippen molar-refractivity contribution in [2.45, 2.75) is 11.8 Å². The average molecular weight is 246 g/mol. The van der Waals surface area contributed by atoms with Crippen LogP contribution < -0.4 is 0 Å². The molecule has 1 aromatic heterocycles. The molecule has 0 aliphatic heterocycles. The molecule has 0 bridgehead atoms. The Morgan fingerprint density at radius 2 is 2.17 bits per heavy atom. The second-order valence-corrected chi connectivity index (χ2v) is 4.51. The van der Waals surface area contributed by atoms with E-state index in [1.54, 1.807) is 18.2 Å². The lowest BCUT2D eigenvalue weighted by Gasteiger charge is -2.11. The van der Waals surface area contributed by atoms with Crippen LogP contribution in [0.25, 0.3) is 11.0 Å². The first-order valence-electron chi connectivity index (χ1n) is 5.45. The number of hydrogen-bond donors (Lipinski definition) is 3. The van der Waals surface area contributed by atoms with Crippen LogP contribution in [0.4, 0.5) is 0 Å². The maximum Gasteiger partial charge on any atom is 0.315 e. The number of carboxylic acids is 2. The average Bonchev–Trinajstić information content (AvgIpc) is 2.94. The molecule has 2 unspecified atom stereocenters. The smallest absolute Gasteiger partial charge is 0.315 e. The van der Waals surface area contributed by atoms with E-state index in [1.807, 2.05) is 0 Å². The van der Waals surface area contributed by atoms with E-state index in [1.165, 1.54) is 6.33 Å². The number of carbonyl (C=O) groups is 2. The molecular weight excluding hydrogens is 236 g/mol. The second-order valence-electron chi connectivity index (χ2n) is 4.51. The quantitative estimate of drug-likeness (QED) is 0.749. The number of nitrogens with zero attached hydrogens (tertiary/aromatic N) is 1. The van der Waals surface area contributed by atoms with Gasteiger partial charge in [0.25, 0.3) is 0 Å². The summed E-state index contributed by atoms with van der Waals surface area (Å²) < 4.78 is 0. The molecule has 0 amide bonds. The van der Waals surface area contributed by atoms with E-state index in [4.69, 9.17) is 5.11 Å². The molecule has 1 aliphatic carbocycles. The number of benzene rings is 1. The molecule has 6 heteroatoms. The molecule has 3 rings (SSSR count). The van der Waals surface area contributed by atoms with Crippen molar-refractivity contribution in [1.82, 2.24) is 9.97 Å². The summed E-state index contributed by atoms with van der Waals surface area (Å²) in [7, 11) is 0. The van der Waals surface area contributed by atoms with Gasteiger partial charge >= 0.3 is 11.9 Å². The van der Waals surface area contributed by atoms with Crippen LogP contribution in [0.1, 0.15) is 12.0 Å². The van der Waals surface area contributed by atoms with Gasteiger partial charge in [0, 0.05) is 0 Å². The first-order chi connectivity index (χ1) is 8.55. The summed E-state index contributed by atoms with van der Waals surface area (Å²) in [6.07, 6.45) is 1.65. The summed E-state index contributed by atoms with van der Waals surface area (Å²) in [6, 6.07) is 5.00. The molecule has 0 spiro atoms. The van der Waals surface area contributed by atoms with Crippen LogP contribution in [0.15, 0.2) is 24.5 Å². The summed E-state index contributed by atoms with van der Waals surface area (Å²) in [4.78, 5) is 29.3. The fraction of sp³-hybridized carbons (Fsp3) is 0.250. The Morgan fingerprint density at radius 3 is 2.78 bits per heavy atom. The normalized spacial score (nSPS) is 26.1. The van der Waals surface area contributed by atoms with Gasteiger partial charge in [-0.2, -0.15) is 0 Å². The molecule has 1 aliphatic rings. The molecule has 3 N–H and O–H groups in total. The zero-order chi connectivity index (χ0) is 12.9. The van der Waals surface area contributed by atoms with E-state index < -0.39 is 23.3 Å². The number of aromatic nitrogens is 2. The monoisotopic (exact) mass is 246 g/mol. The Balaban J connectivity index is 2.11. The van der Waals surface area contributed by atoms with E-state index in [9.17, 15) is 14.7 Å². The molecule has 1 saturated carbocycles. The van der Waals surface area contributed by atoms with Crippen LogP contribution in [0.3, 0.4) is 0 Å². The highest BCUT2D eigenvalue weighted by Gasteiger charge is 2.65. The third-order valence-electron chi connectivity index (χ3n) is 3.58. The van der Waals surface area contributed by atoms with Crippen molar-refractivity contribution in [2.24, 2.45) is 5.92 Å². The number of hydrogen-bond acceptors (Lipinski definition) is 3. The molecular formula is C12H10N2O4. The molecule has 1 heterocycles. The Morgan fingerprint density at radius 1 is 1.39 bits per heavy atom. The van der Waals surface area contributed by atoms with Crippen molar-refractivity contribution in [1.29, 1.82) is 0 Å². The fourth-order valence-corrected chi connectivity index (χ4v) is 2.45. The van der Waals surface area contributed by atoms with Gasteiger partial charge in [-0.3, -0.25) is 9.59 Å². The van der Waals surface area contributed by atoms with Crippen molar-refractivity contribution >= 4 is 23.0 Å². The third-order valence-corrected chi connectivity index (χ3v) is 3.58. The van der Waals surface area contributed by atoms with Crippen molar-refractivity contribution in [3.8, 4) is 0 Å². The van der Waals surface area contributed by atoms with Crippen molar-refractivity contribution < 1.29 is 19.8 Å². The van der Waals surface area contributed by atoms with E-state index in [2.05, 4.69) is 9.97 Å². The topological polar surface area (TPSA) is 103 Å². The molecule has 0 saturated heterocycles. The van der Waals surface area contributed by atoms with Gasteiger partial charge < -0.3 is 15.2 Å². The van der Waals surface area contributed by atoms with Crippen molar-refractivity contribution in [3.63, 3.8) is 0 Å². The summed E-state index contributed by atoms with van der Waals surface area (Å²) in [6.45, 7) is 0. The second kappa shape index (κ2) is 3.32. The molecule has 2 atom stereocenters. The van der Waals surface area contributed by atoms with Gasteiger partial charge in [0.15, 0.2) is 0 Å². The van der Waals surface area contributed by atoms with Crippen LogP contribution >= 0.6 is 0 Å². The largest absolute Gasteiger partial charge is 0.481 e. The molecule has 2 aromatic rings. The first kappa shape index (κ1) is 10.8. The number of imidazole rings is 1. The van der Waals surface area contributed by atoms with Crippen LogP contribution in [0.5, 0.6) is 0 Å². The van der Waals surface area contributed by atoms with E-state index in [0.717, 1.165) is 5.52 Å². The highest BCUT2D eigenvalue weighted by Crippen LogP contribution is 2.54. The van der Waals surface area contributed by atoms with Crippen LogP contribution in [0.2, 0.25) is 0 Å². The minimum Gasteiger partial charge on any atom is -0.481 e. The zero-order valence-electron chi connectivity index (χ0n) is 9.25. The molecule has 18 heavy (non-hydrogen) atoms. The minimum absolute atomic E-state index is 0.136. The van der Waals surface area contributed by atoms with Gasteiger partial charge in [-0.05, 0) is 24.1 Å². The van der Waals surface area contributed by atoms with Crippen LogP contribution in [0, 0.1) is 5.92 Å². The van der Waals surface area contributed by atoms with Gasteiger partial charge in [0.1, 0.15) is 5.41 Å². The lowest BCUT2D eigenvalue weighted by molar-refractivity contribution is -0.145. The van der Waals surface area contributed by atoms with Crippen LogP contribution in [-0.4, -0.2) is 32.1 Å². The number of nitrogens with one attached hydrogen (secondary N) is 1. The van der Waals surface area contributed by atoms with Crippen LogP contribution in [-0.2, 0) is 15.0 Å². The molecule has 1 fully saturated rings. The predicted molar refractivity (Wildman–Crippen MR) is 61.2 cm³/mol. The van der Waals surface area contributed by atoms with Gasteiger partial charge in [-0.1, -0.05) is 6.07 Å². The maximum atomic E-state index is 11.4. The fourth-order valence-electron chi connectivity index (χ4n) is 2.45. The number of H-pyrrole nitrogens is 1. The lowest BCUT2D eigenvalue weighted by Crippen LogP contribution is -2.25. The zero-order valence-corrected chi connectivity index (χ0v) is 9.25. The first-order valence-corrected chi connectivity index (χ1v) is 5.45. The summed E-state index contributed by atoms with van der Waals surface area (Å²) in [5, 5.41) is 18.3. The minimum atomic E-state index is -1.29. The SMILES string of the molecule is O=C(O)C1CC1(C(=O)O)c1ccc2nc[nH]c2c1. The summed E-state index contributed by atoms with van der Waals surface area (Å²) >= 11 is 0. The number of aliphatic carboxylic acids is 2.